The van der Waals surface area contributed by atoms with Crippen molar-refractivity contribution in [3.63, 3.8) is 0 Å². The van der Waals surface area contributed by atoms with Crippen molar-refractivity contribution in [2.75, 3.05) is 6.54 Å². The molecule has 5 nitrogen and oxygen atoms in total. The molecule has 0 radical (unpaired) electrons. The Labute approximate surface area is 133 Å². The van der Waals surface area contributed by atoms with Crippen LogP contribution < -0.4 is 15.2 Å². The first-order valence-electron chi connectivity index (χ1n) is 7.69. The minimum atomic E-state index is -3.59. The van der Waals surface area contributed by atoms with Gasteiger partial charge in [-0.05, 0) is 70.2 Å². The maximum atomic E-state index is 12.6. The second kappa shape index (κ2) is 6.18. The number of rotatable bonds is 7. The first kappa shape index (κ1) is 17.2. The number of benzene rings is 1. The van der Waals surface area contributed by atoms with Crippen LogP contribution in [-0.4, -0.2) is 26.6 Å². The summed E-state index contributed by atoms with van der Waals surface area (Å²) in [6, 6.07) is 4.93. The average molecular weight is 326 g/mol. The minimum Gasteiger partial charge on any atom is -0.491 e. The molecule has 1 aliphatic rings. The van der Waals surface area contributed by atoms with Gasteiger partial charge in [-0.15, -0.1) is 0 Å². The standard InChI is InChI=1S/C16H26N2O3S/c1-11(2)21-15-8-7-14(9-12(15)3)22(19,20)18-16(4,10-17)13-5-6-13/h7-9,11,13,18H,5-6,10,17H2,1-4H3. The predicted octanol–water partition coefficient (Wildman–Crippen LogP) is 2.19. The highest BCUT2D eigenvalue weighted by molar-refractivity contribution is 7.89. The molecular formula is C16H26N2O3S. The Hall–Kier alpha value is -1.11. The van der Waals surface area contributed by atoms with Gasteiger partial charge < -0.3 is 10.5 Å². The summed E-state index contributed by atoms with van der Waals surface area (Å²) in [5, 5.41) is 0. The second-order valence-electron chi connectivity index (χ2n) is 6.60. The molecule has 1 aromatic carbocycles. The molecule has 0 bridgehead atoms. The van der Waals surface area contributed by atoms with Crippen molar-refractivity contribution in [3.8, 4) is 5.75 Å². The van der Waals surface area contributed by atoms with Gasteiger partial charge in [0.05, 0.1) is 11.0 Å². The Kier molecular flexibility index (Phi) is 4.84. The lowest BCUT2D eigenvalue weighted by Gasteiger charge is -2.29. The van der Waals surface area contributed by atoms with E-state index in [4.69, 9.17) is 10.5 Å². The van der Waals surface area contributed by atoms with Gasteiger partial charge in [0.25, 0.3) is 0 Å². The lowest BCUT2D eigenvalue weighted by atomic mass is 9.98. The van der Waals surface area contributed by atoms with Gasteiger partial charge in [0, 0.05) is 12.1 Å². The molecular weight excluding hydrogens is 300 g/mol. The topological polar surface area (TPSA) is 81.4 Å². The van der Waals surface area contributed by atoms with E-state index in [0.29, 0.717) is 18.2 Å². The first-order valence-corrected chi connectivity index (χ1v) is 9.17. The van der Waals surface area contributed by atoms with Gasteiger partial charge in [-0.2, -0.15) is 0 Å². The van der Waals surface area contributed by atoms with Crippen LogP contribution in [0.4, 0.5) is 0 Å². The summed E-state index contributed by atoms with van der Waals surface area (Å²) in [6.45, 7) is 7.90. The molecule has 1 aromatic rings. The highest BCUT2D eigenvalue weighted by Gasteiger charge is 2.43. The van der Waals surface area contributed by atoms with Gasteiger partial charge in [-0.3, -0.25) is 0 Å². The van der Waals surface area contributed by atoms with E-state index in [2.05, 4.69) is 4.72 Å². The van der Waals surface area contributed by atoms with E-state index >= 15 is 0 Å². The van der Waals surface area contributed by atoms with Crippen molar-refractivity contribution < 1.29 is 13.2 Å². The molecule has 124 valence electrons. The normalized spacial score (nSPS) is 18.3. The fourth-order valence-corrected chi connectivity index (χ4v) is 4.11. The van der Waals surface area contributed by atoms with Gasteiger partial charge in [0.2, 0.25) is 10.0 Å². The predicted molar refractivity (Wildman–Crippen MR) is 87.4 cm³/mol. The van der Waals surface area contributed by atoms with Crippen LogP contribution in [0.5, 0.6) is 5.75 Å². The van der Waals surface area contributed by atoms with Crippen LogP contribution in [0.3, 0.4) is 0 Å². The van der Waals surface area contributed by atoms with Gasteiger partial charge in [0.15, 0.2) is 0 Å². The molecule has 3 N–H and O–H groups in total. The third kappa shape index (κ3) is 3.80. The zero-order valence-corrected chi connectivity index (χ0v) is 14.5. The van der Waals surface area contributed by atoms with Crippen LogP contribution in [0.1, 0.15) is 39.2 Å². The van der Waals surface area contributed by atoms with Gasteiger partial charge in [0.1, 0.15) is 5.75 Å². The summed E-state index contributed by atoms with van der Waals surface area (Å²) in [5.74, 6) is 1.04. The van der Waals surface area contributed by atoms with E-state index in [9.17, 15) is 8.42 Å². The quantitative estimate of drug-likeness (QED) is 0.805. The molecule has 1 unspecified atom stereocenters. The zero-order chi connectivity index (χ0) is 16.5. The highest BCUT2D eigenvalue weighted by Crippen LogP contribution is 2.39. The molecule has 1 saturated carbocycles. The number of ether oxygens (including phenoxy) is 1. The largest absolute Gasteiger partial charge is 0.491 e. The number of hydrogen-bond donors (Lipinski definition) is 2. The molecule has 0 saturated heterocycles. The molecule has 0 amide bonds. The maximum absolute atomic E-state index is 12.6. The van der Waals surface area contributed by atoms with Crippen molar-refractivity contribution in [1.82, 2.24) is 4.72 Å². The summed E-state index contributed by atoms with van der Waals surface area (Å²) >= 11 is 0. The summed E-state index contributed by atoms with van der Waals surface area (Å²) in [4.78, 5) is 0.251. The van der Waals surface area contributed by atoms with E-state index in [1.54, 1.807) is 18.2 Å². The van der Waals surface area contributed by atoms with Crippen LogP contribution in [0, 0.1) is 12.8 Å². The van der Waals surface area contributed by atoms with Gasteiger partial charge in [-0.25, -0.2) is 13.1 Å². The maximum Gasteiger partial charge on any atom is 0.241 e. The van der Waals surface area contributed by atoms with Crippen molar-refractivity contribution in [3.05, 3.63) is 23.8 Å². The van der Waals surface area contributed by atoms with Crippen LogP contribution in [0.25, 0.3) is 0 Å². The Morgan fingerprint density at radius 1 is 1.41 bits per heavy atom. The number of nitrogens with two attached hydrogens (primary N) is 1. The van der Waals surface area contributed by atoms with Crippen LogP contribution in [-0.2, 0) is 10.0 Å². The van der Waals surface area contributed by atoms with Crippen LogP contribution in [0.15, 0.2) is 23.1 Å². The second-order valence-corrected chi connectivity index (χ2v) is 8.28. The highest BCUT2D eigenvalue weighted by atomic mass is 32.2. The van der Waals surface area contributed by atoms with Crippen molar-refractivity contribution in [1.29, 1.82) is 0 Å². The monoisotopic (exact) mass is 326 g/mol. The average Bonchev–Trinajstić information content (AvgIpc) is 3.24. The molecule has 1 aliphatic carbocycles. The van der Waals surface area contributed by atoms with E-state index in [1.165, 1.54) is 0 Å². The van der Waals surface area contributed by atoms with Gasteiger partial charge >= 0.3 is 0 Å². The van der Waals surface area contributed by atoms with Crippen LogP contribution >= 0.6 is 0 Å². The Morgan fingerprint density at radius 3 is 2.50 bits per heavy atom. The van der Waals surface area contributed by atoms with E-state index in [-0.39, 0.29) is 11.0 Å². The SMILES string of the molecule is Cc1cc(S(=O)(=O)NC(C)(CN)C2CC2)ccc1OC(C)C. The van der Waals surface area contributed by atoms with E-state index < -0.39 is 15.6 Å². The third-order valence-electron chi connectivity index (χ3n) is 4.09. The Balaban J connectivity index is 2.24. The van der Waals surface area contributed by atoms with E-state index in [0.717, 1.165) is 18.4 Å². The fourth-order valence-electron chi connectivity index (χ4n) is 2.55. The molecule has 0 aliphatic heterocycles. The first-order chi connectivity index (χ1) is 10.2. The molecule has 22 heavy (non-hydrogen) atoms. The molecule has 0 spiro atoms. The lowest BCUT2D eigenvalue weighted by molar-refractivity contribution is 0.240. The summed E-state index contributed by atoms with van der Waals surface area (Å²) in [5.41, 5.74) is 6.03. The zero-order valence-electron chi connectivity index (χ0n) is 13.7. The van der Waals surface area contributed by atoms with Gasteiger partial charge in [-0.1, -0.05) is 0 Å². The number of hydrogen-bond acceptors (Lipinski definition) is 4. The smallest absolute Gasteiger partial charge is 0.241 e. The summed E-state index contributed by atoms with van der Waals surface area (Å²) in [6.07, 6.45) is 2.10. The lowest BCUT2D eigenvalue weighted by Crippen LogP contribution is -2.52. The summed E-state index contributed by atoms with van der Waals surface area (Å²) in [7, 11) is -3.59. The third-order valence-corrected chi connectivity index (χ3v) is 5.70. The number of nitrogens with one attached hydrogen (secondary N) is 1. The molecule has 0 aromatic heterocycles. The molecule has 2 rings (SSSR count). The summed E-state index contributed by atoms with van der Waals surface area (Å²) < 4.78 is 33.7. The van der Waals surface area contributed by atoms with Crippen molar-refractivity contribution >= 4 is 10.0 Å². The Bertz CT molecular complexity index is 639. The molecule has 1 atom stereocenters. The molecule has 1 fully saturated rings. The van der Waals surface area contributed by atoms with Crippen molar-refractivity contribution in [2.45, 2.75) is 57.1 Å². The Morgan fingerprint density at radius 2 is 2.05 bits per heavy atom. The fraction of sp³-hybridized carbons (Fsp3) is 0.625. The van der Waals surface area contributed by atoms with Crippen LogP contribution in [0.2, 0.25) is 0 Å². The molecule has 0 heterocycles. The number of sulfonamides is 1. The number of aryl methyl sites for hydroxylation is 1. The van der Waals surface area contributed by atoms with Crippen molar-refractivity contribution in [2.24, 2.45) is 11.7 Å². The molecule has 6 heteroatoms. The van der Waals surface area contributed by atoms with E-state index in [1.807, 2.05) is 27.7 Å². The minimum absolute atomic E-state index is 0.0506.